The summed E-state index contributed by atoms with van der Waals surface area (Å²) >= 11 is 5.97. The molecule has 3 rings (SSSR count). The summed E-state index contributed by atoms with van der Waals surface area (Å²) in [6.07, 6.45) is 0.374. The molecule has 1 atom stereocenters. The molecule has 0 heterocycles. The minimum absolute atomic E-state index is 0.00885. The fraction of sp³-hybridized carbons (Fsp3) is 0.286. The summed E-state index contributed by atoms with van der Waals surface area (Å²) in [7, 11) is -4.12. The van der Waals surface area contributed by atoms with Gasteiger partial charge in [0.1, 0.15) is 12.6 Å². The van der Waals surface area contributed by atoms with E-state index in [9.17, 15) is 18.0 Å². The molecule has 9 heteroatoms. The molecular formula is C28H32ClN3O4S. The second-order valence-electron chi connectivity index (χ2n) is 8.63. The van der Waals surface area contributed by atoms with Gasteiger partial charge in [-0.1, -0.05) is 66.6 Å². The number of hydrogen-bond donors (Lipinski definition) is 1. The summed E-state index contributed by atoms with van der Waals surface area (Å²) in [6.45, 7) is 5.70. The van der Waals surface area contributed by atoms with Gasteiger partial charge in [0.05, 0.1) is 10.6 Å². The Hall–Kier alpha value is -3.36. The van der Waals surface area contributed by atoms with Crippen molar-refractivity contribution in [3.05, 3.63) is 95.0 Å². The number of hydrogen-bond acceptors (Lipinski definition) is 4. The number of anilines is 1. The van der Waals surface area contributed by atoms with Crippen LogP contribution in [-0.2, 0) is 26.2 Å². The van der Waals surface area contributed by atoms with E-state index in [0.717, 1.165) is 15.4 Å². The summed E-state index contributed by atoms with van der Waals surface area (Å²) in [6, 6.07) is 21.2. The molecule has 0 fully saturated rings. The number of nitrogens with one attached hydrogen (secondary N) is 1. The standard InChI is InChI=1S/C28H32ClN3O4S/c1-4-26(28(34)30-5-2)31(19-22-11-9-10-21(3)18-22)27(33)20-32(24-12-7-6-8-13-24)37(35,36)25-16-14-23(29)15-17-25/h6-18,26H,4-5,19-20H2,1-3H3,(H,30,34)/t26-/m1/s1. The zero-order valence-electron chi connectivity index (χ0n) is 21.2. The van der Waals surface area contributed by atoms with Gasteiger partial charge in [-0.25, -0.2) is 8.42 Å². The van der Waals surface area contributed by atoms with Crippen molar-refractivity contribution in [3.63, 3.8) is 0 Å². The fourth-order valence-corrected chi connectivity index (χ4v) is 5.62. The van der Waals surface area contributed by atoms with Gasteiger partial charge < -0.3 is 10.2 Å². The van der Waals surface area contributed by atoms with Crippen LogP contribution in [0.4, 0.5) is 5.69 Å². The van der Waals surface area contributed by atoms with E-state index in [2.05, 4.69) is 5.32 Å². The van der Waals surface area contributed by atoms with Gasteiger partial charge in [0.15, 0.2) is 0 Å². The molecular weight excluding hydrogens is 510 g/mol. The Labute approximate surface area is 224 Å². The SMILES string of the molecule is CCNC(=O)[C@@H](CC)N(Cc1cccc(C)c1)C(=O)CN(c1ccccc1)S(=O)(=O)c1ccc(Cl)cc1. The highest BCUT2D eigenvalue weighted by Crippen LogP contribution is 2.25. The number of carbonyl (C=O) groups excluding carboxylic acids is 2. The Morgan fingerprint density at radius 3 is 2.22 bits per heavy atom. The molecule has 0 unspecified atom stereocenters. The highest BCUT2D eigenvalue weighted by atomic mass is 35.5. The molecule has 0 spiro atoms. The Morgan fingerprint density at radius 2 is 1.62 bits per heavy atom. The van der Waals surface area contributed by atoms with Crippen molar-refractivity contribution >= 4 is 39.1 Å². The second-order valence-corrected chi connectivity index (χ2v) is 10.9. The van der Waals surface area contributed by atoms with Gasteiger partial charge in [0.25, 0.3) is 10.0 Å². The molecule has 0 aliphatic heterocycles. The van der Waals surface area contributed by atoms with Gasteiger partial charge in [-0.05, 0) is 62.2 Å². The molecule has 0 aliphatic carbocycles. The molecule has 0 aromatic heterocycles. The molecule has 3 aromatic rings. The lowest BCUT2D eigenvalue weighted by Crippen LogP contribution is -2.52. The maximum Gasteiger partial charge on any atom is 0.264 e. The summed E-state index contributed by atoms with van der Waals surface area (Å²) < 4.78 is 28.5. The molecule has 0 aliphatic rings. The number of halogens is 1. The molecule has 0 radical (unpaired) electrons. The summed E-state index contributed by atoms with van der Waals surface area (Å²) in [5, 5.41) is 3.20. The van der Waals surface area contributed by atoms with E-state index < -0.39 is 28.5 Å². The lowest BCUT2D eigenvalue weighted by atomic mass is 10.1. The number of benzene rings is 3. The quantitative estimate of drug-likeness (QED) is 0.378. The first-order chi connectivity index (χ1) is 17.7. The smallest absolute Gasteiger partial charge is 0.264 e. The Kier molecular flexibility index (Phi) is 9.72. The van der Waals surface area contributed by atoms with Crippen LogP contribution in [0.25, 0.3) is 0 Å². The molecule has 1 N–H and O–H groups in total. The summed E-state index contributed by atoms with van der Waals surface area (Å²) in [5.74, 6) is -0.765. The van der Waals surface area contributed by atoms with Gasteiger partial charge in [0.2, 0.25) is 11.8 Å². The van der Waals surface area contributed by atoms with Crippen molar-refractivity contribution < 1.29 is 18.0 Å². The van der Waals surface area contributed by atoms with Gasteiger partial charge in [0, 0.05) is 18.1 Å². The number of aryl methyl sites for hydroxylation is 1. The maximum atomic E-state index is 13.9. The largest absolute Gasteiger partial charge is 0.355 e. The van der Waals surface area contributed by atoms with E-state index in [4.69, 9.17) is 11.6 Å². The van der Waals surface area contributed by atoms with Crippen LogP contribution in [0, 0.1) is 6.92 Å². The third-order valence-corrected chi connectivity index (χ3v) is 7.94. The van der Waals surface area contributed by atoms with E-state index in [0.29, 0.717) is 23.7 Å². The van der Waals surface area contributed by atoms with E-state index in [1.54, 1.807) is 30.3 Å². The first kappa shape index (κ1) is 28.2. The van der Waals surface area contributed by atoms with E-state index in [-0.39, 0.29) is 17.3 Å². The molecule has 0 bridgehead atoms. The van der Waals surface area contributed by atoms with Crippen LogP contribution < -0.4 is 9.62 Å². The van der Waals surface area contributed by atoms with Gasteiger partial charge in [-0.3, -0.25) is 13.9 Å². The summed E-state index contributed by atoms with van der Waals surface area (Å²) in [5.41, 5.74) is 2.21. The highest BCUT2D eigenvalue weighted by Gasteiger charge is 2.33. The van der Waals surface area contributed by atoms with Crippen molar-refractivity contribution in [2.45, 2.75) is 44.7 Å². The van der Waals surface area contributed by atoms with Crippen molar-refractivity contribution in [1.82, 2.24) is 10.2 Å². The number of rotatable bonds is 11. The average molecular weight is 542 g/mol. The van der Waals surface area contributed by atoms with Crippen LogP contribution in [-0.4, -0.2) is 44.3 Å². The zero-order valence-corrected chi connectivity index (χ0v) is 22.8. The highest BCUT2D eigenvalue weighted by molar-refractivity contribution is 7.92. The van der Waals surface area contributed by atoms with Crippen molar-refractivity contribution in [2.75, 3.05) is 17.4 Å². The van der Waals surface area contributed by atoms with Gasteiger partial charge >= 0.3 is 0 Å². The lowest BCUT2D eigenvalue weighted by Gasteiger charge is -2.33. The second kappa shape index (κ2) is 12.7. The predicted molar refractivity (Wildman–Crippen MR) is 147 cm³/mol. The molecule has 2 amide bonds. The Balaban J connectivity index is 2.03. The predicted octanol–water partition coefficient (Wildman–Crippen LogP) is 4.79. The first-order valence-electron chi connectivity index (χ1n) is 12.1. The number of likely N-dealkylation sites (N-methyl/N-ethyl adjacent to an activating group) is 1. The van der Waals surface area contributed by atoms with Crippen LogP contribution in [0.5, 0.6) is 0 Å². The third-order valence-electron chi connectivity index (χ3n) is 5.90. The molecule has 196 valence electrons. The third kappa shape index (κ3) is 7.11. The van der Waals surface area contributed by atoms with Crippen molar-refractivity contribution in [3.8, 4) is 0 Å². The average Bonchev–Trinajstić information content (AvgIpc) is 2.88. The van der Waals surface area contributed by atoms with Crippen molar-refractivity contribution in [1.29, 1.82) is 0 Å². The lowest BCUT2D eigenvalue weighted by molar-refractivity contribution is -0.140. The Morgan fingerprint density at radius 1 is 0.946 bits per heavy atom. The van der Waals surface area contributed by atoms with Crippen molar-refractivity contribution in [2.24, 2.45) is 0 Å². The molecule has 7 nitrogen and oxygen atoms in total. The fourth-order valence-electron chi connectivity index (χ4n) is 4.08. The van der Waals surface area contributed by atoms with E-state index in [1.165, 1.54) is 29.2 Å². The number of sulfonamides is 1. The normalized spacial score (nSPS) is 12.0. The molecule has 37 heavy (non-hydrogen) atoms. The maximum absolute atomic E-state index is 13.9. The molecule has 3 aromatic carbocycles. The van der Waals surface area contributed by atoms with Crippen LogP contribution in [0.2, 0.25) is 5.02 Å². The number of para-hydroxylation sites is 1. The Bertz CT molecular complexity index is 1310. The topological polar surface area (TPSA) is 86.8 Å². The van der Waals surface area contributed by atoms with Crippen LogP contribution in [0.15, 0.2) is 83.8 Å². The number of amides is 2. The minimum atomic E-state index is -4.12. The van der Waals surface area contributed by atoms with Gasteiger partial charge in [-0.2, -0.15) is 0 Å². The number of carbonyl (C=O) groups is 2. The monoisotopic (exact) mass is 541 g/mol. The van der Waals surface area contributed by atoms with E-state index in [1.807, 2.05) is 45.0 Å². The first-order valence-corrected chi connectivity index (χ1v) is 13.9. The molecule has 0 saturated carbocycles. The molecule has 0 saturated heterocycles. The minimum Gasteiger partial charge on any atom is -0.355 e. The van der Waals surface area contributed by atoms with Gasteiger partial charge in [-0.15, -0.1) is 0 Å². The summed E-state index contributed by atoms with van der Waals surface area (Å²) in [4.78, 5) is 28.3. The van der Waals surface area contributed by atoms with Crippen LogP contribution in [0.1, 0.15) is 31.4 Å². The van der Waals surface area contributed by atoms with E-state index >= 15 is 0 Å². The van der Waals surface area contributed by atoms with Crippen LogP contribution >= 0.6 is 11.6 Å². The zero-order chi connectivity index (χ0) is 27.0. The number of nitrogens with zero attached hydrogens (tertiary/aromatic N) is 2. The van der Waals surface area contributed by atoms with Crippen LogP contribution in [0.3, 0.4) is 0 Å².